The summed E-state index contributed by atoms with van der Waals surface area (Å²) in [4.78, 5) is 25.8. The van der Waals surface area contributed by atoms with E-state index < -0.39 is 15.4 Å². The van der Waals surface area contributed by atoms with Gasteiger partial charge in [-0.2, -0.15) is 4.31 Å². The Labute approximate surface area is 178 Å². The molecule has 1 aliphatic heterocycles. The topological polar surface area (TPSA) is 95.6 Å². The predicted molar refractivity (Wildman–Crippen MR) is 114 cm³/mol. The van der Waals surface area contributed by atoms with Crippen LogP contribution in [0.15, 0.2) is 29.2 Å². The maximum atomic E-state index is 13.2. The van der Waals surface area contributed by atoms with Gasteiger partial charge in [-0.15, -0.1) is 0 Å². The van der Waals surface area contributed by atoms with Gasteiger partial charge in [-0.3, -0.25) is 9.59 Å². The van der Waals surface area contributed by atoms with E-state index in [1.165, 1.54) is 10.4 Å². The minimum absolute atomic E-state index is 0.0593. The fourth-order valence-corrected chi connectivity index (χ4v) is 6.17. The van der Waals surface area contributed by atoms with Crippen molar-refractivity contribution in [2.75, 3.05) is 18.4 Å². The van der Waals surface area contributed by atoms with Crippen molar-refractivity contribution in [3.05, 3.63) is 24.3 Å². The monoisotopic (exact) mass is 433 g/mol. The summed E-state index contributed by atoms with van der Waals surface area (Å²) in [5.41, 5.74) is -0.243. The lowest BCUT2D eigenvalue weighted by Gasteiger charge is -2.28. The summed E-state index contributed by atoms with van der Waals surface area (Å²) in [6.45, 7) is 1.08. The molecule has 1 saturated heterocycles. The maximum absolute atomic E-state index is 13.2. The van der Waals surface area contributed by atoms with Crippen molar-refractivity contribution in [3.8, 4) is 0 Å². The molecule has 4 rings (SSSR count). The first-order valence-corrected chi connectivity index (χ1v) is 12.5. The van der Waals surface area contributed by atoms with Crippen molar-refractivity contribution in [2.24, 2.45) is 5.41 Å². The summed E-state index contributed by atoms with van der Waals surface area (Å²) in [6, 6.07) is 6.76. The molecule has 0 aromatic heterocycles. The van der Waals surface area contributed by atoms with E-state index >= 15 is 0 Å². The normalized spacial score (nSPS) is 21.9. The van der Waals surface area contributed by atoms with Crippen LogP contribution in [0.3, 0.4) is 0 Å². The minimum atomic E-state index is -3.56. The van der Waals surface area contributed by atoms with E-state index in [1.807, 2.05) is 0 Å². The predicted octanol–water partition coefficient (Wildman–Crippen LogP) is 3.03. The first-order chi connectivity index (χ1) is 14.4. The highest BCUT2D eigenvalue weighted by atomic mass is 32.2. The van der Waals surface area contributed by atoms with Crippen LogP contribution in [0.25, 0.3) is 0 Å². The molecular formula is C22H31N3O4S. The van der Waals surface area contributed by atoms with Gasteiger partial charge in [0.15, 0.2) is 0 Å². The molecule has 0 atom stereocenters. The second-order valence-electron chi connectivity index (χ2n) is 8.95. The van der Waals surface area contributed by atoms with Crippen LogP contribution >= 0.6 is 0 Å². The van der Waals surface area contributed by atoms with Gasteiger partial charge in [0.1, 0.15) is 0 Å². The highest BCUT2D eigenvalue weighted by molar-refractivity contribution is 7.89. The molecule has 1 aromatic rings. The number of sulfonamides is 1. The fraction of sp³-hybridized carbons (Fsp3) is 0.636. The molecule has 0 unspecified atom stereocenters. The Hall–Kier alpha value is -1.93. The molecule has 2 N–H and O–H groups in total. The number of hydrogen-bond acceptors (Lipinski definition) is 4. The third-order valence-corrected chi connectivity index (χ3v) is 8.42. The Morgan fingerprint density at radius 1 is 1.03 bits per heavy atom. The molecule has 0 radical (unpaired) electrons. The molecule has 0 bridgehead atoms. The van der Waals surface area contributed by atoms with E-state index in [1.54, 1.807) is 18.2 Å². The number of nitrogens with zero attached hydrogens (tertiary/aromatic N) is 1. The number of rotatable bonds is 7. The van der Waals surface area contributed by atoms with Crippen LogP contribution in [0, 0.1) is 5.41 Å². The van der Waals surface area contributed by atoms with Gasteiger partial charge in [-0.05, 0) is 56.7 Å². The Morgan fingerprint density at radius 2 is 1.73 bits per heavy atom. The van der Waals surface area contributed by atoms with Crippen molar-refractivity contribution in [1.29, 1.82) is 0 Å². The molecule has 164 valence electrons. The molecule has 30 heavy (non-hydrogen) atoms. The quantitative estimate of drug-likeness (QED) is 0.691. The van der Waals surface area contributed by atoms with E-state index in [-0.39, 0.29) is 29.2 Å². The zero-order valence-electron chi connectivity index (χ0n) is 17.4. The smallest absolute Gasteiger partial charge is 0.243 e. The van der Waals surface area contributed by atoms with E-state index in [2.05, 4.69) is 10.6 Å². The minimum Gasteiger partial charge on any atom is -0.353 e. The Kier molecular flexibility index (Phi) is 6.16. The van der Waals surface area contributed by atoms with Crippen LogP contribution in [-0.4, -0.2) is 43.7 Å². The van der Waals surface area contributed by atoms with Crippen LogP contribution in [0.1, 0.15) is 64.2 Å². The van der Waals surface area contributed by atoms with E-state index in [0.717, 1.165) is 44.9 Å². The zero-order chi connectivity index (χ0) is 21.2. The van der Waals surface area contributed by atoms with Crippen molar-refractivity contribution in [2.45, 2.75) is 75.1 Å². The van der Waals surface area contributed by atoms with Crippen molar-refractivity contribution < 1.29 is 18.0 Å². The van der Waals surface area contributed by atoms with Gasteiger partial charge < -0.3 is 10.6 Å². The number of carbonyl (C=O) groups is 2. The van der Waals surface area contributed by atoms with Crippen LogP contribution < -0.4 is 10.6 Å². The van der Waals surface area contributed by atoms with Crippen LogP contribution in [0.4, 0.5) is 5.69 Å². The summed E-state index contributed by atoms with van der Waals surface area (Å²) < 4.78 is 27.4. The third-order valence-electron chi connectivity index (χ3n) is 6.53. The summed E-state index contributed by atoms with van der Waals surface area (Å²) in [6.07, 6.45) is 8.25. The number of piperidine rings is 1. The molecule has 7 nitrogen and oxygen atoms in total. The molecule has 3 fully saturated rings. The number of carbonyl (C=O) groups excluding carboxylic acids is 2. The zero-order valence-corrected chi connectivity index (χ0v) is 18.2. The van der Waals surface area contributed by atoms with E-state index in [9.17, 15) is 18.0 Å². The molecule has 8 heteroatoms. The Bertz CT molecular complexity index is 899. The van der Waals surface area contributed by atoms with E-state index in [4.69, 9.17) is 0 Å². The highest BCUT2D eigenvalue weighted by Crippen LogP contribution is 2.42. The lowest BCUT2D eigenvalue weighted by molar-refractivity contribution is -0.132. The average Bonchev–Trinajstić information content (AvgIpc) is 3.42. The van der Waals surface area contributed by atoms with E-state index in [0.29, 0.717) is 31.6 Å². The average molecular weight is 434 g/mol. The van der Waals surface area contributed by atoms with Gasteiger partial charge in [-0.1, -0.05) is 25.3 Å². The Morgan fingerprint density at radius 3 is 2.40 bits per heavy atom. The SMILES string of the molecule is O=C(CC1(C(=O)Nc2cccc(S(=O)(=O)N3CCCCC3)c2)CCCC1)NC1CC1. The molecule has 2 amide bonds. The summed E-state index contributed by atoms with van der Waals surface area (Å²) in [5.74, 6) is -0.241. The van der Waals surface area contributed by atoms with Crippen molar-refractivity contribution >= 4 is 27.5 Å². The summed E-state index contributed by atoms with van der Waals surface area (Å²) in [7, 11) is -3.56. The number of anilines is 1. The highest BCUT2D eigenvalue weighted by Gasteiger charge is 2.43. The first-order valence-electron chi connectivity index (χ1n) is 11.1. The Balaban J connectivity index is 1.48. The van der Waals surface area contributed by atoms with Crippen LogP contribution in [0.5, 0.6) is 0 Å². The van der Waals surface area contributed by atoms with Crippen molar-refractivity contribution in [1.82, 2.24) is 9.62 Å². The molecule has 3 aliphatic rings. The van der Waals surface area contributed by atoms with Gasteiger partial charge in [0.2, 0.25) is 21.8 Å². The van der Waals surface area contributed by atoms with Gasteiger partial charge in [0.05, 0.1) is 10.3 Å². The van der Waals surface area contributed by atoms with Crippen molar-refractivity contribution in [3.63, 3.8) is 0 Å². The van der Waals surface area contributed by atoms with Crippen LogP contribution in [-0.2, 0) is 19.6 Å². The largest absolute Gasteiger partial charge is 0.353 e. The molecular weight excluding hydrogens is 402 g/mol. The van der Waals surface area contributed by atoms with Gasteiger partial charge >= 0.3 is 0 Å². The van der Waals surface area contributed by atoms with Crippen LogP contribution in [0.2, 0.25) is 0 Å². The number of benzene rings is 1. The second-order valence-corrected chi connectivity index (χ2v) is 10.9. The molecule has 2 aliphatic carbocycles. The number of hydrogen-bond donors (Lipinski definition) is 2. The first kappa shape index (κ1) is 21.3. The number of amides is 2. The number of nitrogens with one attached hydrogen (secondary N) is 2. The second kappa shape index (κ2) is 8.67. The fourth-order valence-electron chi connectivity index (χ4n) is 4.60. The molecule has 2 saturated carbocycles. The molecule has 0 spiro atoms. The molecule has 1 aromatic carbocycles. The van der Waals surface area contributed by atoms with Gasteiger partial charge in [0, 0.05) is 31.2 Å². The lowest BCUT2D eigenvalue weighted by atomic mass is 9.81. The lowest BCUT2D eigenvalue weighted by Crippen LogP contribution is -2.39. The standard InChI is InChI=1S/C22H31N3O4S/c26-20(23-17-9-10-17)16-22(11-2-3-12-22)21(27)24-18-7-6-8-19(15-18)30(28,29)25-13-4-1-5-14-25/h6-8,15,17H,1-5,9-14,16H2,(H,23,26)(H,24,27). The summed E-state index contributed by atoms with van der Waals surface area (Å²) >= 11 is 0. The van der Waals surface area contributed by atoms with Gasteiger partial charge in [0.25, 0.3) is 0 Å². The third kappa shape index (κ3) is 4.70. The maximum Gasteiger partial charge on any atom is 0.243 e. The van der Waals surface area contributed by atoms with Gasteiger partial charge in [-0.25, -0.2) is 8.42 Å². The summed E-state index contributed by atoms with van der Waals surface area (Å²) in [5, 5.41) is 5.90. The molecule has 1 heterocycles.